The van der Waals surface area contributed by atoms with E-state index in [9.17, 15) is 0 Å². The quantitative estimate of drug-likeness (QED) is 0.750. The molecule has 0 aromatic heterocycles. The third-order valence-corrected chi connectivity index (χ3v) is 7.67. The minimum absolute atomic E-state index is 0.0654. The normalized spacial score (nSPS) is 51.6. The first-order valence-electron chi connectivity index (χ1n) is 11.3. The number of ether oxygens (including phenoxy) is 5. The fourth-order valence-corrected chi connectivity index (χ4v) is 5.78. The van der Waals surface area contributed by atoms with E-state index in [2.05, 4.69) is 24.7 Å². The van der Waals surface area contributed by atoms with Crippen molar-refractivity contribution in [3.05, 3.63) is 0 Å². The molecule has 2 saturated carbocycles. The van der Waals surface area contributed by atoms with Crippen molar-refractivity contribution in [3.63, 3.8) is 0 Å². The topological polar surface area (TPSA) is 70.2 Å². The van der Waals surface area contributed by atoms with Crippen LogP contribution in [0.5, 0.6) is 0 Å². The van der Waals surface area contributed by atoms with Gasteiger partial charge in [0.1, 0.15) is 18.3 Å². The van der Waals surface area contributed by atoms with Gasteiger partial charge in [-0.1, -0.05) is 0 Å². The lowest BCUT2D eigenvalue weighted by Gasteiger charge is -2.40. The highest BCUT2D eigenvalue weighted by Crippen LogP contribution is 2.43. The van der Waals surface area contributed by atoms with Crippen LogP contribution < -0.4 is 10.6 Å². The van der Waals surface area contributed by atoms with E-state index < -0.39 is 0 Å². The van der Waals surface area contributed by atoms with Gasteiger partial charge in [0.2, 0.25) is 0 Å². The minimum Gasteiger partial charge on any atom is -0.350 e. The van der Waals surface area contributed by atoms with Gasteiger partial charge in [-0.25, -0.2) is 0 Å². The Balaban J connectivity index is 1.16. The van der Waals surface area contributed by atoms with Crippen LogP contribution in [0, 0.1) is 11.8 Å². The average molecular weight is 397 g/mol. The summed E-state index contributed by atoms with van der Waals surface area (Å²) in [7, 11) is 4.11. The Morgan fingerprint density at radius 3 is 1.75 bits per heavy atom. The summed E-state index contributed by atoms with van der Waals surface area (Å²) in [5.41, 5.74) is 0. The Morgan fingerprint density at radius 1 is 0.571 bits per heavy atom. The summed E-state index contributed by atoms with van der Waals surface area (Å²) in [6, 6.07) is 1.27. The highest BCUT2D eigenvalue weighted by atomic mass is 16.8. The van der Waals surface area contributed by atoms with Crippen molar-refractivity contribution in [1.82, 2.24) is 10.6 Å². The fourth-order valence-electron chi connectivity index (χ4n) is 5.78. The molecule has 0 amide bonds. The fraction of sp³-hybridized carbons (Fsp3) is 1.00. The second-order valence-electron chi connectivity index (χ2n) is 9.25. The minimum atomic E-state index is -0.301. The van der Waals surface area contributed by atoms with Crippen LogP contribution in [-0.2, 0) is 23.7 Å². The smallest absolute Gasteiger partial charge is 0.190 e. The van der Waals surface area contributed by atoms with Crippen LogP contribution in [0.25, 0.3) is 0 Å². The molecule has 6 atom stereocenters. The van der Waals surface area contributed by atoms with Gasteiger partial charge in [0.25, 0.3) is 0 Å². The van der Waals surface area contributed by atoms with Crippen LogP contribution in [0.4, 0.5) is 0 Å². The number of hydrogen-bond donors (Lipinski definition) is 2. The second kappa shape index (κ2) is 8.46. The largest absolute Gasteiger partial charge is 0.350 e. The predicted octanol–water partition coefficient (Wildman–Crippen LogP) is 1.75. The van der Waals surface area contributed by atoms with Crippen molar-refractivity contribution in [2.75, 3.05) is 20.7 Å². The lowest BCUT2D eigenvalue weighted by Crippen LogP contribution is -2.49. The number of hydrogen-bond acceptors (Lipinski definition) is 7. The second-order valence-corrected chi connectivity index (χ2v) is 9.25. The third kappa shape index (κ3) is 3.75. The van der Waals surface area contributed by atoms with E-state index in [1.807, 2.05) is 0 Å². The van der Waals surface area contributed by atoms with Crippen LogP contribution in [0.1, 0.15) is 51.4 Å². The summed E-state index contributed by atoms with van der Waals surface area (Å²) in [4.78, 5) is 0. The zero-order valence-corrected chi connectivity index (χ0v) is 17.2. The molecule has 3 heterocycles. The van der Waals surface area contributed by atoms with Crippen LogP contribution in [-0.4, -0.2) is 70.0 Å². The summed E-state index contributed by atoms with van der Waals surface area (Å²) in [6.45, 7) is 0.582. The van der Waals surface area contributed by atoms with Crippen molar-refractivity contribution >= 4 is 0 Å². The molecule has 5 fully saturated rings. The summed E-state index contributed by atoms with van der Waals surface area (Å²) in [6.07, 6.45) is 8.52. The maximum atomic E-state index is 6.42. The molecule has 3 saturated heterocycles. The Labute approximate surface area is 168 Å². The molecule has 7 heteroatoms. The van der Waals surface area contributed by atoms with Gasteiger partial charge in [-0.05, 0) is 65.5 Å². The van der Waals surface area contributed by atoms with Gasteiger partial charge in [0, 0.05) is 23.9 Å². The maximum absolute atomic E-state index is 6.42. The maximum Gasteiger partial charge on any atom is 0.190 e. The van der Waals surface area contributed by atoms with Crippen molar-refractivity contribution in [2.24, 2.45) is 11.8 Å². The molecule has 3 aliphatic heterocycles. The number of rotatable bonds is 4. The van der Waals surface area contributed by atoms with Crippen molar-refractivity contribution in [1.29, 1.82) is 0 Å². The molecule has 0 bridgehead atoms. The summed E-state index contributed by atoms with van der Waals surface area (Å²) >= 11 is 0. The van der Waals surface area contributed by atoms with Gasteiger partial charge in [0.05, 0.1) is 6.61 Å². The van der Waals surface area contributed by atoms with E-state index in [1.165, 1.54) is 25.7 Å². The summed E-state index contributed by atoms with van der Waals surface area (Å²) in [5, 5.41) is 6.79. The van der Waals surface area contributed by atoms with E-state index in [-0.39, 0.29) is 37.2 Å². The molecule has 6 unspecified atom stereocenters. The molecule has 2 aliphatic carbocycles. The molecule has 7 nitrogen and oxygen atoms in total. The Hall–Kier alpha value is -0.280. The molecule has 5 rings (SSSR count). The SMILES string of the molecule is CNC1CCC(C2OCC3OC4OC(C5CCC(NC)CC5)OC4C3O2)CC1. The van der Waals surface area contributed by atoms with Crippen molar-refractivity contribution < 1.29 is 23.7 Å². The molecule has 0 aromatic carbocycles. The van der Waals surface area contributed by atoms with E-state index >= 15 is 0 Å². The van der Waals surface area contributed by atoms with Gasteiger partial charge in [-0.3, -0.25) is 0 Å². The van der Waals surface area contributed by atoms with Gasteiger partial charge >= 0.3 is 0 Å². The molecule has 5 aliphatic rings. The molecule has 0 aromatic rings. The van der Waals surface area contributed by atoms with E-state index in [4.69, 9.17) is 23.7 Å². The molecule has 2 N–H and O–H groups in total. The zero-order valence-electron chi connectivity index (χ0n) is 17.2. The van der Waals surface area contributed by atoms with E-state index in [0.717, 1.165) is 25.7 Å². The predicted molar refractivity (Wildman–Crippen MR) is 103 cm³/mol. The van der Waals surface area contributed by atoms with Crippen LogP contribution in [0.3, 0.4) is 0 Å². The molecular formula is C21H36N2O5. The first-order chi connectivity index (χ1) is 13.7. The lowest BCUT2D eigenvalue weighted by atomic mass is 9.85. The van der Waals surface area contributed by atoms with E-state index in [1.54, 1.807) is 0 Å². The highest BCUT2D eigenvalue weighted by molar-refractivity contribution is 4.96. The number of nitrogens with one attached hydrogen (secondary N) is 2. The van der Waals surface area contributed by atoms with Gasteiger partial charge in [0.15, 0.2) is 18.9 Å². The molecule has 160 valence electrons. The molecule has 0 radical (unpaired) electrons. The standard InChI is InChI=1S/C21H36N2O5/c1-22-14-7-3-12(4-8-14)19-24-11-16-17(26-19)18-21(25-16)28-20(27-18)13-5-9-15(23-2)10-6-13/h12-23H,3-11H2,1-2H3. The molecular weight excluding hydrogens is 360 g/mol. The first-order valence-corrected chi connectivity index (χ1v) is 11.3. The van der Waals surface area contributed by atoms with Crippen LogP contribution in [0.2, 0.25) is 0 Å². The van der Waals surface area contributed by atoms with Gasteiger partial charge in [-0.15, -0.1) is 0 Å². The van der Waals surface area contributed by atoms with Crippen molar-refractivity contribution in [3.8, 4) is 0 Å². The first kappa shape index (κ1) is 19.7. The lowest BCUT2D eigenvalue weighted by molar-refractivity contribution is -0.289. The Bertz CT molecular complexity index is 521. The summed E-state index contributed by atoms with van der Waals surface area (Å²) < 4.78 is 31.1. The molecule has 0 spiro atoms. The molecule has 28 heavy (non-hydrogen) atoms. The van der Waals surface area contributed by atoms with Gasteiger partial charge < -0.3 is 34.3 Å². The van der Waals surface area contributed by atoms with Crippen LogP contribution >= 0.6 is 0 Å². The summed E-state index contributed by atoms with van der Waals surface area (Å²) in [5.74, 6) is 0.934. The number of fused-ring (bicyclic) bond motifs is 3. The van der Waals surface area contributed by atoms with Gasteiger partial charge in [-0.2, -0.15) is 0 Å². The monoisotopic (exact) mass is 396 g/mol. The van der Waals surface area contributed by atoms with Crippen LogP contribution in [0.15, 0.2) is 0 Å². The van der Waals surface area contributed by atoms with E-state index in [0.29, 0.717) is 30.5 Å². The highest BCUT2D eigenvalue weighted by Gasteiger charge is 2.57. The Kier molecular flexibility index (Phi) is 5.94. The van der Waals surface area contributed by atoms with Crippen molar-refractivity contribution in [2.45, 2.75) is 101 Å². The Morgan fingerprint density at radius 2 is 1.14 bits per heavy atom. The zero-order chi connectivity index (χ0) is 19.1. The average Bonchev–Trinajstić information content (AvgIpc) is 3.32. The third-order valence-electron chi connectivity index (χ3n) is 7.67.